The summed E-state index contributed by atoms with van der Waals surface area (Å²) in [5.74, 6) is -0.180. The van der Waals surface area contributed by atoms with Crippen LogP contribution in [0.3, 0.4) is 0 Å². The van der Waals surface area contributed by atoms with Crippen molar-refractivity contribution in [3.05, 3.63) is 11.6 Å². The zero-order valence-corrected chi connectivity index (χ0v) is 8.63. The van der Waals surface area contributed by atoms with Crippen molar-refractivity contribution in [2.75, 3.05) is 4.43 Å². The zero-order valence-electron chi connectivity index (χ0n) is 6.47. The molecule has 0 saturated carbocycles. The van der Waals surface area contributed by atoms with E-state index in [9.17, 15) is 4.79 Å². The van der Waals surface area contributed by atoms with Gasteiger partial charge in [-0.15, -0.1) is 0 Å². The Labute approximate surface area is 80.1 Å². The van der Waals surface area contributed by atoms with Crippen molar-refractivity contribution in [2.45, 2.75) is 25.9 Å². The summed E-state index contributed by atoms with van der Waals surface area (Å²) in [7, 11) is 0. The molecule has 3 heteroatoms. The van der Waals surface area contributed by atoms with Gasteiger partial charge in [0.2, 0.25) is 0 Å². The normalized spacial score (nSPS) is 23.3. The van der Waals surface area contributed by atoms with Gasteiger partial charge in [-0.1, -0.05) is 22.6 Å². The maximum Gasteiger partial charge on any atom is 0.331 e. The third-order valence-electron chi connectivity index (χ3n) is 1.71. The van der Waals surface area contributed by atoms with Crippen LogP contribution in [0, 0.1) is 0 Å². The van der Waals surface area contributed by atoms with Crippen LogP contribution in [0.2, 0.25) is 0 Å². The van der Waals surface area contributed by atoms with E-state index in [4.69, 9.17) is 4.74 Å². The minimum absolute atomic E-state index is 0.0669. The van der Waals surface area contributed by atoms with Crippen molar-refractivity contribution < 1.29 is 9.53 Å². The van der Waals surface area contributed by atoms with E-state index >= 15 is 0 Å². The number of carbonyl (C=O) groups excluding carboxylic acids is 1. The molecule has 0 radical (unpaired) electrons. The van der Waals surface area contributed by atoms with E-state index in [1.807, 2.05) is 6.92 Å². The largest absolute Gasteiger partial charge is 0.455 e. The molecule has 0 spiro atoms. The molecule has 0 aliphatic carbocycles. The van der Waals surface area contributed by atoms with Crippen molar-refractivity contribution in [1.82, 2.24) is 0 Å². The summed E-state index contributed by atoms with van der Waals surface area (Å²) >= 11 is 2.33. The Hall–Kier alpha value is -0.0600. The minimum Gasteiger partial charge on any atom is -0.455 e. The van der Waals surface area contributed by atoms with Crippen molar-refractivity contribution in [3.63, 3.8) is 0 Å². The van der Waals surface area contributed by atoms with Gasteiger partial charge in [-0.05, 0) is 29.8 Å². The first-order valence-electron chi connectivity index (χ1n) is 3.69. The van der Waals surface area contributed by atoms with Gasteiger partial charge in [0.05, 0.1) is 0 Å². The fourth-order valence-corrected chi connectivity index (χ4v) is 1.54. The molecule has 0 N–H and O–H groups in total. The second kappa shape index (κ2) is 4.09. The maximum absolute atomic E-state index is 10.7. The number of hydrogen-bond donors (Lipinski definition) is 0. The first-order chi connectivity index (χ1) is 5.24. The highest BCUT2D eigenvalue weighted by atomic mass is 127. The van der Waals surface area contributed by atoms with Crippen LogP contribution in [0.4, 0.5) is 0 Å². The van der Waals surface area contributed by atoms with Crippen molar-refractivity contribution in [3.8, 4) is 0 Å². The molecule has 1 rings (SSSR count). The Kier molecular flexibility index (Phi) is 3.36. The van der Waals surface area contributed by atoms with Gasteiger partial charge in [0.25, 0.3) is 0 Å². The highest BCUT2D eigenvalue weighted by Gasteiger charge is 2.21. The lowest BCUT2D eigenvalue weighted by atomic mass is 10.1. The van der Waals surface area contributed by atoms with E-state index in [1.165, 1.54) is 0 Å². The van der Waals surface area contributed by atoms with E-state index in [-0.39, 0.29) is 12.1 Å². The lowest BCUT2D eigenvalue weighted by molar-refractivity contribution is -0.138. The summed E-state index contributed by atoms with van der Waals surface area (Å²) < 4.78 is 6.16. The summed E-state index contributed by atoms with van der Waals surface area (Å²) in [5.41, 5.74) is 1.07. The number of cyclic esters (lactones) is 1. The Morgan fingerprint density at radius 2 is 2.45 bits per heavy atom. The molecule has 0 aromatic heterocycles. The molecule has 1 unspecified atom stereocenters. The number of hydrogen-bond acceptors (Lipinski definition) is 2. The number of halogens is 1. The van der Waals surface area contributed by atoms with E-state index in [1.54, 1.807) is 6.08 Å². The molecule has 0 aromatic carbocycles. The van der Waals surface area contributed by atoms with Crippen LogP contribution in [0.15, 0.2) is 11.6 Å². The van der Waals surface area contributed by atoms with Gasteiger partial charge in [0.1, 0.15) is 6.10 Å². The monoisotopic (exact) mass is 266 g/mol. The molecule has 11 heavy (non-hydrogen) atoms. The van der Waals surface area contributed by atoms with Crippen LogP contribution < -0.4 is 0 Å². The third-order valence-corrected chi connectivity index (χ3v) is 2.47. The fraction of sp³-hybridized carbons (Fsp3) is 0.625. The Morgan fingerprint density at radius 1 is 1.73 bits per heavy atom. The quantitative estimate of drug-likeness (QED) is 0.444. The maximum atomic E-state index is 10.7. The Morgan fingerprint density at radius 3 is 2.91 bits per heavy atom. The molecular formula is C8H11IO2. The van der Waals surface area contributed by atoms with Crippen LogP contribution in [0.1, 0.15) is 19.8 Å². The third kappa shape index (κ3) is 2.47. The molecule has 62 valence electrons. The molecular weight excluding hydrogens is 255 g/mol. The van der Waals surface area contributed by atoms with Crippen LogP contribution in [-0.2, 0) is 9.53 Å². The smallest absolute Gasteiger partial charge is 0.331 e. The SMILES string of the molecule is CC1=CC(=O)OC1CCCI. The van der Waals surface area contributed by atoms with Crippen molar-refractivity contribution in [1.29, 1.82) is 0 Å². The topological polar surface area (TPSA) is 26.3 Å². The second-order valence-corrected chi connectivity index (χ2v) is 3.72. The lowest BCUT2D eigenvalue weighted by Gasteiger charge is -2.09. The van der Waals surface area contributed by atoms with Crippen LogP contribution in [0.25, 0.3) is 0 Å². The van der Waals surface area contributed by atoms with Gasteiger partial charge in [-0.2, -0.15) is 0 Å². The summed E-state index contributed by atoms with van der Waals surface area (Å²) in [6.07, 6.45) is 3.73. The summed E-state index contributed by atoms with van der Waals surface area (Å²) in [4.78, 5) is 10.7. The lowest BCUT2D eigenvalue weighted by Crippen LogP contribution is -2.10. The molecule has 1 atom stereocenters. The second-order valence-electron chi connectivity index (χ2n) is 2.65. The van der Waals surface area contributed by atoms with Gasteiger partial charge in [0, 0.05) is 6.08 Å². The molecule has 0 bridgehead atoms. The summed E-state index contributed by atoms with van der Waals surface area (Å²) in [6, 6.07) is 0. The molecule has 2 nitrogen and oxygen atoms in total. The number of ether oxygens (including phenoxy) is 1. The molecule has 0 aromatic rings. The highest BCUT2D eigenvalue weighted by Crippen LogP contribution is 2.19. The van der Waals surface area contributed by atoms with Crippen LogP contribution in [0.5, 0.6) is 0 Å². The number of carbonyl (C=O) groups is 1. The minimum atomic E-state index is -0.180. The number of rotatable bonds is 3. The standard InChI is InChI=1S/C8H11IO2/c1-6-5-8(10)11-7(6)3-2-4-9/h5,7H,2-4H2,1H3. The Bertz CT molecular complexity index is 187. The van der Waals surface area contributed by atoms with Gasteiger partial charge < -0.3 is 4.74 Å². The average molecular weight is 266 g/mol. The van der Waals surface area contributed by atoms with E-state index in [0.717, 1.165) is 22.8 Å². The highest BCUT2D eigenvalue weighted by molar-refractivity contribution is 14.1. The predicted molar refractivity (Wildman–Crippen MR) is 51.8 cm³/mol. The first kappa shape index (κ1) is 9.03. The molecule has 1 aliphatic rings. The summed E-state index contributed by atoms with van der Waals surface area (Å²) in [6.45, 7) is 1.95. The molecule has 0 saturated heterocycles. The summed E-state index contributed by atoms with van der Waals surface area (Å²) in [5, 5.41) is 0. The van der Waals surface area contributed by atoms with Crippen molar-refractivity contribution >= 4 is 28.6 Å². The molecule has 0 amide bonds. The average Bonchev–Trinajstić information content (AvgIpc) is 2.26. The van der Waals surface area contributed by atoms with E-state index in [2.05, 4.69) is 22.6 Å². The van der Waals surface area contributed by atoms with Crippen molar-refractivity contribution in [2.24, 2.45) is 0 Å². The molecule has 1 aliphatic heterocycles. The fourth-order valence-electron chi connectivity index (χ4n) is 1.10. The van der Waals surface area contributed by atoms with E-state index in [0.29, 0.717) is 0 Å². The molecule has 0 fully saturated rings. The molecule has 1 heterocycles. The zero-order chi connectivity index (χ0) is 8.27. The predicted octanol–water partition coefficient (Wildman–Crippen LogP) is 2.07. The number of alkyl halides is 1. The van der Waals surface area contributed by atoms with Gasteiger partial charge in [0.15, 0.2) is 0 Å². The van der Waals surface area contributed by atoms with E-state index < -0.39 is 0 Å². The van der Waals surface area contributed by atoms with Gasteiger partial charge >= 0.3 is 5.97 Å². The van der Waals surface area contributed by atoms with Gasteiger partial charge in [-0.3, -0.25) is 0 Å². The number of esters is 1. The Balaban J connectivity index is 2.38. The first-order valence-corrected chi connectivity index (χ1v) is 5.21. The van der Waals surface area contributed by atoms with Crippen LogP contribution in [-0.4, -0.2) is 16.5 Å². The van der Waals surface area contributed by atoms with Crippen LogP contribution >= 0.6 is 22.6 Å². The van der Waals surface area contributed by atoms with Gasteiger partial charge in [-0.25, -0.2) is 4.79 Å².